The summed E-state index contributed by atoms with van der Waals surface area (Å²) in [6, 6.07) is 18.9. The van der Waals surface area contributed by atoms with Crippen LogP contribution in [0.2, 0.25) is 0 Å². The van der Waals surface area contributed by atoms with Crippen molar-refractivity contribution in [1.29, 1.82) is 5.26 Å². The van der Waals surface area contributed by atoms with E-state index >= 15 is 4.79 Å². The Morgan fingerprint density at radius 1 is 0.918 bits per heavy atom. The van der Waals surface area contributed by atoms with Crippen LogP contribution < -0.4 is 23.4 Å². The lowest BCUT2D eigenvalue weighted by Crippen LogP contribution is -2.60. The molecule has 0 radical (unpaired) electrons. The number of ether oxygens (including phenoxy) is 3. The summed E-state index contributed by atoms with van der Waals surface area (Å²) >= 11 is 0. The first kappa shape index (κ1) is 32.4. The summed E-state index contributed by atoms with van der Waals surface area (Å²) in [7, 11) is -1.56. The highest BCUT2D eigenvalue weighted by Crippen LogP contribution is 2.53. The van der Waals surface area contributed by atoms with E-state index in [1.54, 1.807) is 24.3 Å². The lowest BCUT2D eigenvalue weighted by atomic mass is 9.80. The molecule has 2 aliphatic heterocycles. The molecule has 0 N–H and O–H groups in total. The SMILES string of the molecule is CCOc1ccc(OC)cc1C1(N2CCN(c3ccnc(C4CC4)c3)CC2)C(=O)N(S(=O)(=O)c2ccc(OC)cn2)c2ccc(C#N)cc21. The number of piperazine rings is 1. The monoisotopic (exact) mass is 680 g/mol. The molecule has 1 atom stereocenters. The molecular formula is C36H36N6O6S. The molecule has 4 heterocycles. The van der Waals surface area contributed by atoms with Crippen LogP contribution in [0.15, 0.2) is 78.1 Å². The quantitative estimate of drug-likeness (QED) is 0.235. The van der Waals surface area contributed by atoms with E-state index in [2.05, 4.69) is 27.0 Å². The van der Waals surface area contributed by atoms with E-state index in [9.17, 15) is 13.7 Å². The second-order valence-electron chi connectivity index (χ2n) is 12.1. The van der Waals surface area contributed by atoms with Gasteiger partial charge in [-0.3, -0.25) is 14.7 Å². The van der Waals surface area contributed by atoms with Gasteiger partial charge in [0.25, 0.3) is 15.9 Å². The van der Waals surface area contributed by atoms with Gasteiger partial charge in [-0.1, -0.05) is 0 Å². The number of hydrogen-bond acceptors (Lipinski definition) is 11. The van der Waals surface area contributed by atoms with Gasteiger partial charge < -0.3 is 19.1 Å². The second kappa shape index (κ2) is 12.7. The van der Waals surface area contributed by atoms with Gasteiger partial charge in [-0.25, -0.2) is 4.98 Å². The van der Waals surface area contributed by atoms with Gasteiger partial charge in [0, 0.05) is 60.8 Å². The van der Waals surface area contributed by atoms with Crippen LogP contribution in [0, 0.1) is 11.3 Å². The van der Waals surface area contributed by atoms with Gasteiger partial charge in [0.2, 0.25) is 0 Å². The number of fused-ring (bicyclic) bond motifs is 1. The van der Waals surface area contributed by atoms with Crippen molar-refractivity contribution in [2.24, 2.45) is 0 Å². The third kappa shape index (κ3) is 5.41. The molecule has 1 aliphatic carbocycles. The van der Waals surface area contributed by atoms with Crippen LogP contribution >= 0.6 is 0 Å². The first-order chi connectivity index (χ1) is 23.8. The Morgan fingerprint density at radius 3 is 2.33 bits per heavy atom. The van der Waals surface area contributed by atoms with Crippen molar-refractivity contribution >= 4 is 27.3 Å². The van der Waals surface area contributed by atoms with E-state index in [-0.39, 0.29) is 16.3 Å². The summed E-state index contributed by atoms with van der Waals surface area (Å²) in [5.74, 6) is 1.01. The van der Waals surface area contributed by atoms with Gasteiger partial charge >= 0.3 is 0 Å². The van der Waals surface area contributed by atoms with Crippen molar-refractivity contribution in [2.45, 2.75) is 36.2 Å². The minimum absolute atomic E-state index is 0.137. The molecule has 3 aliphatic rings. The lowest BCUT2D eigenvalue weighted by molar-refractivity contribution is -0.127. The third-order valence-electron chi connectivity index (χ3n) is 9.43. The summed E-state index contributed by atoms with van der Waals surface area (Å²) in [6.45, 7) is 4.02. The third-order valence-corrected chi connectivity index (χ3v) is 11.0. The number of amides is 1. The molecule has 1 saturated heterocycles. The molecule has 7 rings (SSSR count). The molecule has 2 aromatic heterocycles. The highest BCUT2D eigenvalue weighted by Gasteiger charge is 2.61. The van der Waals surface area contributed by atoms with Crippen molar-refractivity contribution in [3.8, 4) is 23.3 Å². The Bertz CT molecular complexity index is 2060. The fourth-order valence-electron chi connectivity index (χ4n) is 6.89. The van der Waals surface area contributed by atoms with Gasteiger partial charge in [0.15, 0.2) is 10.6 Å². The van der Waals surface area contributed by atoms with E-state index in [0.29, 0.717) is 67.1 Å². The Labute approximate surface area is 285 Å². The Balaban J connectivity index is 1.40. The topological polar surface area (TPSA) is 138 Å². The summed E-state index contributed by atoms with van der Waals surface area (Å²) in [5.41, 5.74) is 1.64. The van der Waals surface area contributed by atoms with Gasteiger partial charge in [-0.2, -0.15) is 18.0 Å². The molecule has 252 valence electrons. The minimum atomic E-state index is -4.55. The van der Waals surface area contributed by atoms with Crippen LogP contribution in [0.1, 0.15) is 48.1 Å². The zero-order valence-corrected chi connectivity index (χ0v) is 28.3. The number of nitriles is 1. The second-order valence-corrected chi connectivity index (χ2v) is 13.9. The van der Waals surface area contributed by atoms with Crippen molar-refractivity contribution in [1.82, 2.24) is 14.9 Å². The fraction of sp³-hybridized carbons (Fsp3) is 0.333. The molecule has 4 aromatic rings. The summed E-state index contributed by atoms with van der Waals surface area (Å²) in [6.07, 6.45) is 5.43. The first-order valence-electron chi connectivity index (χ1n) is 16.2. The number of pyridine rings is 2. The summed E-state index contributed by atoms with van der Waals surface area (Å²) < 4.78 is 46.7. The van der Waals surface area contributed by atoms with Gasteiger partial charge in [-0.15, -0.1) is 0 Å². The number of rotatable bonds is 10. The first-order valence-corrected chi connectivity index (χ1v) is 17.6. The Kier molecular flexibility index (Phi) is 8.38. The maximum Gasteiger partial charge on any atom is 0.288 e. The highest BCUT2D eigenvalue weighted by atomic mass is 32.2. The molecule has 2 fully saturated rings. The molecule has 2 aromatic carbocycles. The number of benzene rings is 2. The van der Waals surface area contributed by atoms with E-state index in [1.807, 2.05) is 24.1 Å². The van der Waals surface area contributed by atoms with E-state index in [4.69, 9.17) is 14.2 Å². The molecular weight excluding hydrogens is 644 g/mol. The van der Waals surface area contributed by atoms with Gasteiger partial charge in [0.1, 0.15) is 17.2 Å². The average molecular weight is 681 g/mol. The predicted octanol–water partition coefficient (Wildman–Crippen LogP) is 4.44. The van der Waals surface area contributed by atoms with Crippen molar-refractivity contribution in [2.75, 3.05) is 56.2 Å². The van der Waals surface area contributed by atoms with Crippen LogP contribution in [0.3, 0.4) is 0 Å². The van der Waals surface area contributed by atoms with Crippen molar-refractivity contribution < 1.29 is 27.4 Å². The molecule has 12 nitrogen and oxygen atoms in total. The molecule has 1 amide bonds. The van der Waals surface area contributed by atoms with Crippen molar-refractivity contribution in [3.05, 3.63) is 95.4 Å². The number of methoxy groups -OCH3 is 2. The summed E-state index contributed by atoms with van der Waals surface area (Å²) in [4.78, 5) is 28.4. The maximum absolute atomic E-state index is 15.4. The van der Waals surface area contributed by atoms with Crippen LogP contribution in [0.4, 0.5) is 11.4 Å². The number of aromatic nitrogens is 2. The standard InChI is InChI=1S/C36H36N6O6S/c1-4-48-33-11-8-27(46-2)21-30(33)36(41-17-15-40(16-18-41)26-13-14-38-31(20-26)25-6-7-25)29-19-24(22-37)5-10-32(29)42(35(36)43)49(44,45)34-12-9-28(47-3)23-39-34/h5,8-14,19-21,23,25H,4,6-7,15-18H2,1-3H3. The van der Waals surface area contributed by atoms with Gasteiger partial charge in [0.05, 0.1) is 44.3 Å². The Hall–Kier alpha value is -5.19. The zero-order chi connectivity index (χ0) is 34.3. The molecule has 13 heteroatoms. The Morgan fingerprint density at radius 2 is 1.67 bits per heavy atom. The maximum atomic E-state index is 15.4. The van der Waals surface area contributed by atoms with Crippen LogP contribution in [0.5, 0.6) is 17.2 Å². The number of sulfonamides is 1. The largest absolute Gasteiger partial charge is 0.497 e. The van der Waals surface area contributed by atoms with Crippen LogP contribution in [-0.2, 0) is 20.4 Å². The lowest BCUT2D eigenvalue weighted by Gasteiger charge is -2.46. The smallest absolute Gasteiger partial charge is 0.288 e. The van der Waals surface area contributed by atoms with E-state index < -0.39 is 21.5 Å². The van der Waals surface area contributed by atoms with E-state index in [0.717, 1.165) is 28.5 Å². The molecule has 0 bridgehead atoms. The average Bonchev–Trinajstić information content (AvgIpc) is 3.96. The van der Waals surface area contributed by atoms with Crippen molar-refractivity contribution in [3.63, 3.8) is 0 Å². The number of hydrogen-bond donors (Lipinski definition) is 0. The minimum Gasteiger partial charge on any atom is -0.497 e. The van der Waals surface area contributed by atoms with Crippen LogP contribution in [0.25, 0.3) is 0 Å². The molecule has 1 saturated carbocycles. The van der Waals surface area contributed by atoms with Crippen LogP contribution in [-0.4, -0.2) is 76.2 Å². The fourth-order valence-corrected chi connectivity index (χ4v) is 8.27. The summed E-state index contributed by atoms with van der Waals surface area (Å²) in [5, 5.41) is 9.71. The zero-order valence-electron chi connectivity index (χ0n) is 27.5. The highest BCUT2D eigenvalue weighted by molar-refractivity contribution is 7.93. The van der Waals surface area contributed by atoms with E-state index in [1.165, 1.54) is 44.7 Å². The number of carbonyl (C=O) groups excluding carboxylic acids is 1. The molecule has 49 heavy (non-hydrogen) atoms. The molecule has 0 spiro atoms. The number of nitrogens with zero attached hydrogens (tertiary/aromatic N) is 6. The van der Waals surface area contributed by atoms with Gasteiger partial charge in [-0.05, 0) is 80.4 Å². The number of carbonyl (C=O) groups is 1. The normalized spacial score (nSPS) is 19.3. The molecule has 1 unspecified atom stereocenters. The predicted molar refractivity (Wildman–Crippen MR) is 182 cm³/mol. The number of anilines is 2.